The molecule has 0 N–H and O–H groups in total. The van der Waals surface area contributed by atoms with Gasteiger partial charge in [-0.3, -0.25) is 0 Å². The lowest BCUT2D eigenvalue weighted by atomic mass is 10.0. The third-order valence-corrected chi connectivity index (χ3v) is 3.67. The van der Waals surface area contributed by atoms with Crippen LogP contribution in [0.1, 0.15) is 28.0 Å². The number of hydrogen-bond donors (Lipinski definition) is 0. The van der Waals surface area contributed by atoms with Crippen LogP contribution in [0.25, 0.3) is 0 Å². The summed E-state index contributed by atoms with van der Waals surface area (Å²) < 4.78 is 16.1. The molecule has 0 radical (unpaired) electrons. The fraction of sp³-hybridized carbons (Fsp3) is 0.375. The van der Waals surface area contributed by atoms with Crippen molar-refractivity contribution in [2.24, 2.45) is 0 Å². The summed E-state index contributed by atoms with van der Waals surface area (Å²) in [6.07, 6.45) is 0.710. The van der Waals surface area contributed by atoms with Gasteiger partial charge in [-0.15, -0.1) is 11.6 Å². The number of rotatable bonds is 5. The zero-order valence-corrected chi connectivity index (χ0v) is 13.0. The van der Waals surface area contributed by atoms with Gasteiger partial charge in [-0.2, -0.15) is 0 Å². The molecule has 0 aliphatic heterocycles. The predicted molar refractivity (Wildman–Crippen MR) is 80.0 cm³/mol. The Kier molecular flexibility index (Phi) is 4.61. The summed E-state index contributed by atoms with van der Waals surface area (Å²) in [6.45, 7) is 3.86. The average Bonchev–Trinajstić information content (AvgIpc) is 2.77. The molecule has 1 aromatic heterocycles. The molecule has 3 nitrogen and oxygen atoms in total. The van der Waals surface area contributed by atoms with Gasteiger partial charge in [0.15, 0.2) is 11.5 Å². The molecule has 0 saturated carbocycles. The maximum atomic E-state index is 6.50. The van der Waals surface area contributed by atoms with Gasteiger partial charge in [0.1, 0.15) is 11.5 Å². The highest BCUT2D eigenvalue weighted by Crippen LogP contribution is 2.33. The first-order valence-corrected chi connectivity index (χ1v) is 6.90. The first-order valence-electron chi connectivity index (χ1n) is 6.47. The van der Waals surface area contributed by atoms with E-state index in [4.69, 9.17) is 25.5 Å². The average molecular weight is 295 g/mol. The molecule has 0 amide bonds. The second-order valence-electron chi connectivity index (χ2n) is 4.73. The van der Waals surface area contributed by atoms with E-state index < -0.39 is 0 Å². The van der Waals surface area contributed by atoms with Crippen LogP contribution in [0.4, 0.5) is 0 Å². The number of furan rings is 1. The van der Waals surface area contributed by atoms with Gasteiger partial charge < -0.3 is 13.9 Å². The van der Waals surface area contributed by atoms with Gasteiger partial charge in [-0.25, -0.2) is 0 Å². The Hall–Kier alpha value is -1.61. The lowest BCUT2D eigenvalue weighted by Gasteiger charge is -2.12. The van der Waals surface area contributed by atoms with E-state index in [1.165, 1.54) is 0 Å². The Balaban J connectivity index is 2.19. The molecule has 2 rings (SSSR count). The molecule has 2 aromatic rings. The molecule has 1 atom stereocenters. The van der Waals surface area contributed by atoms with Gasteiger partial charge >= 0.3 is 0 Å². The topological polar surface area (TPSA) is 31.6 Å². The van der Waals surface area contributed by atoms with E-state index in [0.29, 0.717) is 12.2 Å². The molecule has 1 heterocycles. The number of methoxy groups -OCH3 is 2. The van der Waals surface area contributed by atoms with Crippen LogP contribution in [-0.4, -0.2) is 14.2 Å². The number of aryl methyl sites for hydroxylation is 2. The van der Waals surface area contributed by atoms with E-state index in [0.717, 1.165) is 28.4 Å². The third-order valence-electron chi connectivity index (χ3n) is 3.28. The van der Waals surface area contributed by atoms with Gasteiger partial charge in [-0.1, -0.05) is 6.07 Å². The van der Waals surface area contributed by atoms with Crippen molar-refractivity contribution in [3.8, 4) is 11.5 Å². The van der Waals surface area contributed by atoms with Crippen molar-refractivity contribution < 1.29 is 13.9 Å². The molecule has 0 spiro atoms. The number of benzene rings is 1. The van der Waals surface area contributed by atoms with Gasteiger partial charge in [0.2, 0.25) is 0 Å². The molecule has 0 aliphatic carbocycles. The van der Waals surface area contributed by atoms with Crippen molar-refractivity contribution in [1.82, 2.24) is 0 Å². The highest BCUT2D eigenvalue weighted by atomic mass is 35.5. The quantitative estimate of drug-likeness (QED) is 0.764. The minimum atomic E-state index is -0.120. The monoisotopic (exact) mass is 294 g/mol. The maximum Gasteiger partial charge on any atom is 0.160 e. The SMILES string of the molecule is COc1ccc(CC(Cl)c2cc(C)oc2C)cc1OC. The fourth-order valence-electron chi connectivity index (χ4n) is 2.29. The molecular formula is C16H19ClO3. The molecule has 0 fully saturated rings. The highest BCUT2D eigenvalue weighted by Gasteiger charge is 2.16. The minimum absolute atomic E-state index is 0.120. The van der Waals surface area contributed by atoms with Crippen LogP contribution in [0.2, 0.25) is 0 Å². The standard InChI is InChI=1S/C16H19ClO3/c1-10-7-13(11(2)20-10)14(17)8-12-5-6-15(18-3)16(9-12)19-4/h5-7,9,14H,8H2,1-4H3. The van der Waals surface area contributed by atoms with Crippen LogP contribution in [0.15, 0.2) is 28.7 Å². The Morgan fingerprint density at radius 2 is 1.80 bits per heavy atom. The number of alkyl halides is 1. The van der Waals surface area contributed by atoms with Crippen LogP contribution < -0.4 is 9.47 Å². The minimum Gasteiger partial charge on any atom is -0.493 e. The van der Waals surface area contributed by atoms with Gasteiger partial charge in [0.05, 0.1) is 19.6 Å². The zero-order valence-electron chi connectivity index (χ0n) is 12.2. The van der Waals surface area contributed by atoms with Crippen molar-refractivity contribution in [3.63, 3.8) is 0 Å². The third kappa shape index (κ3) is 3.10. The van der Waals surface area contributed by atoms with Crippen molar-refractivity contribution >= 4 is 11.6 Å². The highest BCUT2D eigenvalue weighted by molar-refractivity contribution is 6.21. The first-order chi connectivity index (χ1) is 9.55. The smallest absolute Gasteiger partial charge is 0.160 e. The molecule has 1 unspecified atom stereocenters. The largest absolute Gasteiger partial charge is 0.493 e. The summed E-state index contributed by atoms with van der Waals surface area (Å²) in [6, 6.07) is 7.84. The van der Waals surface area contributed by atoms with Crippen LogP contribution in [-0.2, 0) is 6.42 Å². The molecule has 1 aromatic carbocycles. The molecule has 20 heavy (non-hydrogen) atoms. The fourth-order valence-corrected chi connectivity index (χ4v) is 2.68. The Morgan fingerprint density at radius 3 is 2.35 bits per heavy atom. The van der Waals surface area contributed by atoms with E-state index in [9.17, 15) is 0 Å². The number of halogens is 1. The molecule has 108 valence electrons. The Bertz CT molecular complexity index is 589. The summed E-state index contributed by atoms with van der Waals surface area (Å²) in [7, 11) is 3.25. The second kappa shape index (κ2) is 6.23. The van der Waals surface area contributed by atoms with Gasteiger partial charge in [0, 0.05) is 5.56 Å². The van der Waals surface area contributed by atoms with Crippen LogP contribution in [0.5, 0.6) is 11.5 Å². The van der Waals surface area contributed by atoms with Crippen molar-refractivity contribution in [1.29, 1.82) is 0 Å². The summed E-state index contributed by atoms with van der Waals surface area (Å²) in [5.74, 6) is 3.20. The zero-order chi connectivity index (χ0) is 14.7. The number of ether oxygens (including phenoxy) is 2. The van der Waals surface area contributed by atoms with Gasteiger partial charge in [-0.05, 0) is 44.0 Å². The van der Waals surface area contributed by atoms with E-state index in [2.05, 4.69) is 0 Å². The number of hydrogen-bond acceptors (Lipinski definition) is 3. The van der Waals surface area contributed by atoms with E-state index >= 15 is 0 Å². The molecule has 0 bridgehead atoms. The van der Waals surface area contributed by atoms with E-state index in [-0.39, 0.29) is 5.38 Å². The molecular weight excluding hydrogens is 276 g/mol. The van der Waals surface area contributed by atoms with E-state index in [1.807, 2.05) is 38.1 Å². The van der Waals surface area contributed by atoms with Crippen molar-refractivity contribution in [2.75, 3.05) is 14.2 Å². The van der Waals surface area contributed by atoms with Crippen LogP contribution in [0, 0.1) is 13.8 Å². The maximum absolute atomic E-state index is 6.50. The Labute approximate surface area is 124 Å². The summed E-state index contributed by atoms with van der Waals surface area (Å²) >= 11 is 6.50. The summed E-state index contributed by atoms with van der Waals surface area (Å²) in [4.78, 5) is 0. The lowest BCUT2D eigenvalue weighted by molar-refractivity contribution is 0.354. The van der Waals surface area contributed by atoms with Crippen molar-refractivity contribution in [2.45, 2.75) is 25.6 Å². The predicted octanol–water partition coefficient (Wildman–Crippen LogP) is 4.44. The first kappa shape index (κ1) is 14.8. The Morgan fingerprint density at radius 1 is 1.10 bits per heavy atom. The van der Waals surface area contributed by atoms with E-state index in [1.54, 1.807) is 14.2 Å². The molecule has 4 heteroatoms. The van der Waals surface area contributed by atoms with Crippen LogP contribution in [0.3, 0.4) is 0 Å². The normalized spacial score (nSPS) is 12.2. The lowest BCUT2D eigenvalue weighted by Crippen LogP contribution is -1.98. The summed E-state index contributed by atoms with van der Waals surface area (Å²) in [5.41, 5.74) is 2.14. The summed E-state index contributed by atoms with van der Waals surface area (Å²) in [5, 5.41) is -0.120. The second-order valence-corrected chi connectivity index (χ2v) is 5.26. The van der Waals surface area contributed by atoms with Crippen molar-refractivity contribution in [3.05, 3.63) is 46.9 Å². The molecule has 0 saturated heterocycles. The van der Waals surface area contributed by atoms with Gasteiger partial charge in [0.25, 0.3) is 0 Å². The van der Waals surface area contributed by atoms with Crippen LogP contribution >= 0.6 is 11.6 Å². The molecule has 0 aliphatic rings.